The SMILES string of the molecule is CC(c1ocnc1-c1cc(Cl)ncn1)N(CC1CC1)C(=O)c1cc(Cl)cc(C(F)(F)F)c1. The molecule has 0 saturated heterocycles. The minimum absolute atomic E-state index is 0.150. The van der Waals surface area contributed by atoms with Gasteiger partial charge in [0.2, 0.25) is 0 Å². The molecule has 0 bridgehead atoms. The average Bonchev–Trinajstić information content (AvgIpc) is 3.42. The van der Waals surface area contributed by atoms with Crippen molar-refractivity contribution in [3.8, 4) is 11.4 Å². The summed E-state index contributed by atoms with van der Waals surface area (Å²) in [5.74, 6) is 0.0230. The summed E-state index contributed by atoms with van der Waals surface area (Å²) < 4.78 is 45.4. The monoisotopic (exact) mass is 484 g/mol. The molecule has 1 aliphatic carbocycles. The number of aromatic nitrogens is 3. The number of hydrogen-bond acceptors (Lipinski definition) is 5. The van der Waals surface area contributed by atoms with E-state index < -0.39 is 23.7 Å². The van der Waals surface area contributed by atoms with Gasteiger partial charge in [-0.25, -0.2) is 15.0 Å². The van der Waals surface area contributed by atoms with E-state index in [2.05, 4.69) is 15.0 Å². The summed E-state index contributed by atoms with van der Waals surface area (Å²) >= 11 is 11.8. The highest BCUT2D eigenvalue weighted by Crippen LogP contribution is 2.37. The van der Waals surface area contributed by atoms with E-state index in [1.54, 1.807) is 6.92 Å². The Morgan fingerprint density at radius 2 is 1.94 bits per heavy atom. The van der Waals surface area contributed by atoms with Gasteiger partial charge in [-0.3, -0.25) is 4.79 Å². The van der Waals surface area contributed by atoms with Crippen LogP contribution in [0.2, 0.25) is 10.2 Å². The molecule has 0 radical (unpaired) electrons. The summed E-state index contributed by atoms with van der Waals surface area (Å²) in [5.41, 5.74) is -0.356. The molecule has 1 atom stereocenters. The van der Waals surface area contributed by atoms with Crippen molar-refractivity contribution < 1.29 is 22.4 Å². The summed E-state index contributed by atoms with van der Waals surface area (Å²) in [6.45, 7) is 2.08. The second-order valence-corrected chi connectivity index (χ2v) is 8.42. The lowest BCUT2D eigenvalue weighted by Gasteiger charge is -2.29. The fourth-order valence-corrected chi connectivity index (χ4v) is 3.77. The van der Waals surface area contributed by atoms with Crippen molar-refractivity contribution in [2.75, 3.05) is 6.54 Å². The molecular formula is C21H17Cl2F3N4O2. The van der Waals surface area contributed by atoms with Gasteiger partial charge in [-0.05, 0) is 43.9 Å². The quantitative estimate of drug-likeness (QED) is 0.397. The Bertz CT molecular complexity index is 1150. The zero-order chi connectivity index (χ0) is 23.0. The Morgan fingerprint density at radius 1 is 1.19 bits per heavy atom. The van der Waals surface area contributed by atoms with Gasteiger partial charge in [-0.15, -0.1) is 0 Å². The largest absolute Gasteiger partial charge is 0.446 e. The molecule has 1 amide bonds. The molecule has 2 heterocycles. The lowest BCUT2D eigenvalue weighted by atomic mass is 10.1. The standard InChI is InChI=1S/C21H17Cl2F3N4O2/c1-11(19-18(29-10-32-19)16-7-17(23)28-9-27-16)30(8-12-2-3-12)20(31)13-4-14(21(24,25)26)6-15(22)5-13/h4-7,9-12H,2-3,8H2,1H3. The highest BCUT2D eigenvalue weighted by Gasteiger charge is 2.36. The van der Waals surface area contributed by atoms with Crippen LogP contribution in [0.25, 0.3) is 11.4 Å². The number of carbonyl (C=O) groups excluding carboxylic acids is 1. The molecule has 1 unspecified atom stereocenters. The fourth-order valence-electron chi connectivity index (χ4n) is 3.39. The van der Waals surface area contributed by atoms with Crippen LogP contribution in [0.15, 0.2) is 41.4 Å². The third kappa shape index (κ3) is 4.88. The number of benzene rings is 1. The molecule has 3 aromatic rings. The second kappa shape index (κ2) is 8.71. The number of carbonyl (C=O) groups is 1. The first-order valence-electron chi connectivity index (χ1n) is 9.73. The van der Waals surface area contributed by atoms with E-state index in [-0.39, 0.29) is 21.7 Å². The normalized spacial score (nSPS) is 14.9. The number of oxazole rings is 1. The van der Waals surface area contributed by atoms with Crippen molar-refractivity contribution in [1.82, 2.24) is 19.9 Å². The minimum atomic E-state index is -4.63. The molecule has 1 aromatic carbocycles. The van der Waals surface area contributed by atoms with Gasteiger partial charge in [0, 0.05) is 23.2 Å². The predicted octanol–water partition coefficient (Wildman–Crippen LogP) is 6.07. The molecule has 1 saturated carbocycles. The van der Waals surface area contributed by atoms with Gasteiger partial charge in [-0.1, -0.05) is 23.2 Å². The van der Waals surface area contributed by atoms with Gasteiger partial charge >= 0.3 is 6.18 Å². The predicted molar refractivity (Wildman–Crippen MR) is 111 cm³/mol. The summed E-state index contributed by atoms with van der Waals surface area (Å²) in [6.07, 6.45) is -0.261. The zero-order valence-electron chi connectivity index (χ0n) is 16.7. The molecule has 1 fully saturated rings. The molecule has 168 valence electrons. The van der Waals surface area contributed by atoms with Crippen molar-refractivity contribution in [3.63, 3.8) is 0 Å². The number of nitrogens with zero attached hydrogens (tertiary/aromatic N) is 4. The third-order valence-electron chi connectivity index (χ3n) is 5.20. The minimum Gasteiger partial charge on any atom is -0.446 e. The lowest BCUT2D eigenvalue weighted by Crippen LogP contribution is -2.35. The Kier molecular flexibility index (Phi) is 6.13. The van der Waals surface area contributed by atoms with E-state index in [4.69, 9.17) is 27.6 Å². The first kappa shape index (κ1) is 22.5. The number of halogens is 5. The number of rotatable bonds is 6. The molecule has 11 heteroatoms. The number of amides is 1. The Balaban J connectivity index is 1.71. The van der Waals surface area contributed by atoms with Gasteiger partial charge in [0.25, 0.3) is 5.91 Å². The van der Waals surface area contributed by atoms with E-state index in [0.29, 0.717) is 23.7 Å². The highest BCUT2D eigenvalue weighted by atomic mass is 35.5. The van der Waals surface area contributed by atoms with Crippen LogP contribution in [0, 0.1) is 5.92 Å². The maximum atomic E-state index is 13.4. The first-order valence-corrected chi connectivity index (χ1v) is 10.5. The van der Waals surface area contributed by atoms with Crippen molar-refractivity contribution in [1.29, 1.82) is 0 Å². The van der Waals surface area contributed by atoms with Crippen LogP contribution >= 0.6 is 23.2 Å². The van der Waals surface area contributed by atoms with Crippen molar-refractivity contribution in [3.05, 3.63) is 64.0 Å². The van der Waals surface area contributed by atoms with Crippen LogP contribution in [0.4, 0.5) is 13.2 Å². The van der Waals surface area contributed by atoms with E-state index in [1.165, 1.54) is 29.8 Å². The summed E-state index contributed by atoms with van der Waals surface area (Å²) in [7, 11) is 0. The van der Waals surface area contributed by atoms with Gasteiger partial charge < -0.3 is 9.32 Å². The molecule has 0 N–H and O–H groups in total. The topological polar surface area (TPSA) is 72.1 Å². The maximum Gasteiger partial charge on any atom is 0.416 e. The molecule has 4 rings (SSSR count). The third-order valence-corrected chi connectivity index (χ3v) is 5.63. The van der Waals surface area contributed by atoms with Gasteiger partial charge in [0.1, 0.15) is 17.2 Å². The fraction of sp³-hybridized carbons (Fsp3) is 0.333. The van der Waals surface area contributed by atoms with E-state index >= 15 is 0 Å². The van der Waals surface area contributed by atoms with Crippen LogP contribution in [-0.4, -0.2) is 32.3 Å². The van der Waals surface area contributed by atoms with Crippen LogP contribution in [0.5, 0.6) is 0 Å². The first-order chi connectivity index (χ1) is 15.1. The van der Waals surface area contributed by atoms with Crippen LogP contribution in [-0.2, 0) is 6.18 Å². The van der Waals surface area contributed by atoms with Gasteiger partial charge in [0.05, 0.1) is 17.3 Å². The van der Waals surface area contributed by atoms with Gasteiger partial charge in [-0.2, -0.15) is 13.2 Å². The molecule has 0 spiro atoms. The van der Waals surface area contributed by atoms with Crippen molar-refractivity contribution in [2.45, 2.75) is 32.0 Å². The summed E-state index contributed by atoms with van der Waals surface area (Å²) in [4.78, 5) is 27.0. The van der Waals surface area contributed by atoms with Crippen LogP contribution in [0.1, 0.15) is 47.5 Å². The van der Waals surface area contributed by atoms with E-state index in [9.17, 15) is 18.0 Å². The van der Waals surface area contributed by atoms with Crippen molar-refractivity contribution in [2.24, 2.45) is 5.92 Å². The highest BCUT2D eigenvalue weighted by molar-refractivity contribution is 6.31. The molecule has 1 aliphatic rings. The number of hydrogen-bond donors (Lipinski definition) is 0. The Hall–Kier alpha value is -2.65. The zero-order valence-corrected chi connectivity index (χ0v) is 18.2. The Labute approximate surface area is 191 Å². The second-order valence-electron chi connectivity index (χ2n) is 7.59. The molecule has 32 heavy (non-hydrogen) atoms. The van der Waals surface area contributed by atoms with Crippen LogP contribution in [0.3, 0.4) is 0 Å². The lowest BCUT2D eigenvalue weighted by molar-refractivity contribution is -0.137. The van der Waals surface area contributed by atoms with E-state index in [0.717, 1.165) is 25.0 Å². The van der Waals surface area contributed by atoms with E-state index in [1.807, 2.05) is 0 Å². The summed E-state index contributed by atoms with van der Waals surface area (Å²) in [6, 6.07) is 3.71. The molecule has 0 aliphatic heterocycles. The smallest absolute Gasteiger partial charge is 0.416 e. The maximum absolute atomic E-state index is 13.4. The number of alkyl halides is 3. The molecule has 2 aromatic heterocycles. The van der Waals surface area contributed by atoms with Gasteiger partial charge in [0.15, 0.2) is 12.2 Å². The Morgan fingerprint density at radius 3 is 2.59 bits per heavy atom. The van der Waals surface area contributed by atoms with Crippen LogP contribution < -0.4 is 0 Å². The average molecular weight is 485 g/mol. The molecular weight excluding hydrogens is 468 g/mol. The molecule has 6 nitrogen and oxygen atoms in total. The van der Waals surface area contributed by atoms with Crippen molar-refractivity contribution >= 4 is 29.1 Å². The summed E-state index contributed by atoms with van der Waals surface area (Å²) in [5, 5.41) is 0.0410.